The van der Waals surface area contributed by atoms with Crippen molar-refractivity contribution in [2.45, 2.75) is 19.3 Å². The molecule has 1 atom stereocenters. The molecule has 4 heterocycles. The molecule has 1 N–H and O–H groups in total. The van der Waals surface area contributed by atoms with E-state index in [-0.39, 0.29) is 17.4 Å². The predicted octanol–water partition coefficient (Wildman–Crippen LogP) is 2.58. The van der Waals surface area contributed by atoms with Crippen molar-refractivity contribution in [3.8, 4) is 11.4 Å². The molecular formula is C18H18N4O3S. The summed E-state index contributed by atoms with van der Waals surface area (Å²) >= 11 is 1.59. The van der Waals surface area contributed by atoms with Crippen molar-refractivity contribution < 1.29 is 9.32 Å². The number of H-pyrrole nitrogens is 1. The molecule has 0 bridgehead atoms. The summed E-state index contributed by atoms with van der Waals surface area (Å²) in [6.45, 7) is 1.37. The van der Waals surface area contributed by atoms with E-state index < -0.39 is 0 Å². The van der Waals surface area contributed by atoms with Gasteiger partial charge in [0.1, 0.15) is 0 Å². The summed E-state index contributed by atoms with van der Waals surface area (Å²) in [5.41, 5.74) is 1.25. The van der Waals surface area contributed by atoms with Crippen LogP contribution < -0.4 is 5.56 Å². The summed E-state index contributed by atoms with van der Waals surface area (Å²) in [5, 5.41) is 8.01. The van der Waals surface area contributed by atoms with Crippen LogP contribution in [0.4, 0.5) is 0 Å². The summed E-state index contributed by atoms with van der Waals surface area (Å²) < 4.78 is 5.39. The minimum absolute atomic E-state index is 0.0598. The minimum Gasteiger partial charge on any atom is -0.339 e. The lowest BCUT2D eigenvalue weighted by molar-refractivity contribution is 0.0667. The van der Waals surface area contributed by atoms with Crippen LogP contribution in [-0.4, -0.2) is 39.0 Å². The maximum Gasteiger partial charge on any atom is 0.255 e. The van der Waals surface area contributed by atoms with Gasteiger partial charge < -0.3 is 14.4 Å². The van der Waals surface area contributed by atoms with Crippen molar-refractivity contribution in [2.24, 2.45) is 5.92 Å². The molecule has 1 amide bonds. The summed E-state index contributed by atoms with van der Waals surface area (Å²) in [5.74, 6) is 1.44. The number of carbonyl (C=O) groups excluding carboxylic acids is 1. The second-order valence-corrected chi connectivity index (χ2v) is 7.21. The number of hydrogen-bond acceptors (Lipinski definition) is 6. The van der Waals surface area contributed by atoms with E-state index in [9.17, 15) is 9.59 Å². The number of piperidine rings is 1. The molecule has 0 aliphatic carbocycles. The number of amides is 1. The van der Waals surface area contributed by atoms with E-state index >= 15 is 0 Å². The molecule has 1 fully saturated rings. The molecule has 7 nitrogen and oxygen atoms in total. The lowest BCUT2D eigenvalue weighted by Crippen LogP contribution is -2.40. The molecule has 0 spiro atoms. The Morgan fingerprint density at radius 1 is 1.38 bits per heavy atom. The zero-order valence-electron chi connectivity index (χ0n) is 14.1. The fourth-order valence-corrected chi connectivity index (χ4v) is 3.87. The quantitative estimate of drug-likeness (QED) is 0.762. The average Bonchev–Trinajstić information content (AvgIpc) is 3.34. The number of carbonyl (C=O) groups is 1. The molecule has 0 aromatic carbocycles. The van der Waals surface area contributed by atoms with Crippen molar-refractivity contribution in [1.82, 2.24) is 20.0 Å². The number of hydrogen-bond donors (Lipinski definition) is 1. The van der Waals surface area contributed by atoms with Crippen molar-refractivity contribution >= 4 is 17.2 Å². The van der Waals surface area contributed by atoms with Gasteiger partial charge in [-0.05, 0) is 36.3 Å². The first-order chi connectivity index (χ1) is 12.7. The zero-order chi connectivity index (χ0) is 17.9. The van der Waals surface area contributed by atoms with Crippen LogP contribution in [0.1, 0.15) is 29.1 Å². The van der Waals surface area contributed by atoms with Gasteiger partial charge in [-0.1, -0.05) is 5.16 Å². The molecule has 3 aromatic rings. The number of aromatic nitrogens is 3. The number of pyridine rings is 1. The lowest BCUT2D eigenvalue weighted by atomic mass is 9.94. The van der Waals surface area contributed by atoms with Crippen LogP contribution in [0.2, 0.25) is 0 Å². The van der Waals surface area contributed by atoms with Gasteiger partial charge in [0.15, 0.2) is 0 Å². The van der Waals surface area contributed by atoms with Gasteiger partial charge in [0.05, 0.1) is 5.56 Å². The van der Waals surface area contributed by atoms with Crippen LogP contribution in [0.25, 0.3) is 11.4 Å². The third-order valence-corrected chi connectivity index (χ3v) is 5.23. The maximum atomic E-state index is 12.6. The molecule has 0 radical (unpaired) electrons. The number of nitrogens with one attached hydrogen (secondary N) is 1. The van der Waals surface area contributed by atoms with Gasteiger partial charge in [-0.15, -0.1) is 0 Å². The highest BCUT2D eigenvalue weighted by Crippen LogP contribution is 2.24. The summed E-state index contributed by atoms with van der Waals surface area (Å²) in [6.07, 6.45) is 4.09. The second kappa shape index (κ2) is 7.25. The fourth-order valence-electron chi connectivity index (χ4n) is 3.24. The topological polar surface area (TPSA) is 92.1 Å². The molecular weight excluding hydrogens is 352 g/mol. The highest BCUT2D eigenvalue weighted by Gasteiger charge is 2.26. The Kier molecular flexibility index (Phi) is 4.66. The van der Waals surface area contributed by atoms with Gasteiger partial charge in [0, 0.05) is 42.7 Å². The van der Waals surface area contributed by atoms with Crippen molar-refractivity contribution in [3.63, 3.8) is 0 Å². The third kappa shape index (κ3) is 3.60. The first-order valence-corrected chi connectivity index (χ1v) is 9.46. The maximum absolute atomic E-state index is 12.6. The molecule has 4 rings (SSSR count). The molecule has 0 saturated carbocycles. The Hall–Kier alpha value is -2.74. The monoisotopic (exact) mass is 370 g/mol. The van der Waals surface area contributed by atoms with Gasteiger partial charge in [-0.3, -0.25) is 9.59 Å². The SMILES string of the molecule is O=C(c1ccc(=O)[nH]c1)N1CCC[C@H](Cc2nc(-c3ccsc3)no2)C1. The molecule has 134 valence electrons. The third-order valence-electron chi connectivity index (χ3n) is 4.55. The molecule has 8 heteroatoms. The van der Waals surface area contributed by atoms with E-state index in [1.54, 1.807) is 17.4 Å². The fraction of sp³-hybridized carbons (Fsp3) is 0.333. The smallest absolute Gasteiger partial charge is 0.255 e. The lowest BCUT2D eigenvalue weighted by Gasteiger charge is -2.32. The van der Waals surface area contributed by atoms with E-state index in [0.717, 1.165) is 24.9 Å². The number of nitrogens with zero attached hydrogens (tertiary/aromatic N) is 3. The van der Waals surface area contributed by atoms with Gasteiger partial charge in [-0.25, -0.2) is 0 Å². The van der Waals surface area contributed by atoms with Gasteiger partial charge in [0.2, 0.25) is 17.3 Å². The highest BCUT2D eigenvalue weighted by molar-refractivity contribution is 7.08. The summed E-state index contributed by atoms with van der Waals surface area (Å²) in [7, 11) is 0. The highest BCUT2D eigenvalue weighted by atomic mass is 32.1. The molecule has 26 heavy (non-hydrogen) atoms. The Morgan fingerprint density at radius 2 is 2.31 bits per heavy atom. The first-order valence-electron chi connectivity index (χ1n) is 8.52. The summed E-state index contributed by atoms with van der Waals surface area (Å²) in [4.78, 5) is 32.6. The van der Waals surface area contributed by atoms with Crippen LogP contribution in [0.5, 0.6) is 0 Å². The van der Waals surface area contributed by atoms with Crippen molar-refractivity contribution in [3.05, 3.63) is 57.0 Å². The van der Waals surface area contributed by atoms with E-state index in [0.29, 0.717) is 30.2 Å². The largest absolute Gasteiger partial charge is 0.339 e. The van der Waals surface area contributed by atoms with Crippen molar-refractivity contribution in [1.29, 1.82) is 0 Å². The molecule has 1 aliphatic rings. The zero-order valence-corrected chi connectivity index (χ0v) is 14.9. The number of thiophene rings is 1. The average molecular weight is 370 g/mol. The first kappa shape index (κ1) is 16.7. The van der Waals surface area contributed by atoms with Crippen LogP contribution in [0.15, 0.2) is 44.5 Å². The van der Waals surface area contributed by atoms with E-state index in [2.05, 4.69) is 15.1 Å². The van der Waals surface area contributed by atoms with E-state index in [1.807, 2.05) is 21.7 Å². The second-order valence-electron chi connectivity index (χ2n) is 6.43. The Bertz CT molecular complexity index is 927. The van der Waals surface area contributed by atoms with Crippen LogP contribution >= 0.6 is 11.3 Å². The van der Waals surface area contributed by atoms with Gasteiger partial charge in [-0.2, -0.15) is 16.3 Å². The number of likely N-dealkylation sites (tertiary alicyclic amines) is 1. The van der Waals surface area contributed by atoms with Crippen LogP contribution in [0, 0.1) is 5.92 Å². The van der Waals surface area contributed by atoms with E-state index in [4.69, 9.17) is 4.52 Å². The van der Waals surface area contributed by atoms with Gasteiger partial charge in [0.25, 0.3) is 5.91 Å². The summed E-state index contributed by atoms with van der Waals surface area (Å²) in [6, 6.07) is 4.90. The molecule has 0 unspecified atom stereocenters. The van der Waals surface area contributed by atoms with Crippen LogP contribution in [0.3, 0.4) is 0 Å². The minimum atomic E-state index is -0.212. The molecule has 1 aliphatic heterocycles. The predicted molar refractivity (Wildman–Crippen MR) is 97.0 cm³/mol. The molecule has 1 saturated heterocycles. The van der Waals surface area contributed by atoms with Gasteiger partial charge >= 0.3 is 0 Å². The normalized spacial score (nSPS) is 17.4. The standard InChI is InChI=1S/C18H18N4O3S/c23-15-4-3-13(9-19-15)18(24)22-6-1-2-12(10-22)8-16-20-17(21-25-16)14-5-7-26-11-14/h3-5,7,9,11-12H,1-2,6,8,10H2,(H,19,23)/t12-/m1/s1. The Balaban J connectivity index is 1.41. The Labute approximate surface area is 153 Å². The van der Waals surface area contributed by atoms with E-state index in [1.165, 1.54) is 12.3 Å². The number of rotatable bonds is 4. The molecule has 3 aromatic heterocycles. The van der Waals surface area contributed by atoms with Crippen molar-refractivity contribution in [2.75, 3.05) is 13.1 Å². The Morgan fingerprint density at radius 3 is 3.08 bits per heavy atom. The number of aromatic amines is 1. The van der Waals surface area contributed by atoms with Crippen LogP contribution in [-0.2, 0) is 6.42 Å².